The average Bonchev–Trinajstić information content (AvgIpc) is 2.39. The first-order valence-corrected chi connectivity index (χ1v) is 6.71. The van der Waals surface area contributed by atoms with Crippen molar-refractivity contribution in [2.75, 3.05) is 26.8 Å². The smallest absolute Gasteiger partial charge is 0.0586 e. The minimum absolute atomic E-state index is 0.374. The van der Waals surface area contributed by atoms with E-state index in [1.807, 2.05) is 7.11 Å². The quantitative estimate of drug-likeness (QED) is 0.795. The van der Waals surface area contributed by atoms with E-state index in [1.165, 1.54) is 51.6 Å². The van der Waals surface area contributed by atoms with Gasteiger partial charge in [-0.2, -0.15) is 0 Å². The van der Waals surface area contributed by atoms with E-state index >= 15 is 0 Å². The van der Waals surface area contributed by atoms with Crippen LogP contribution in [0.3, 0.4) is 0 Å². The number of methoxy groups -OCH3 is 1. The summed E-state index contributed by atoms with van der Waals surface area (Å²) in [5.41, 5.74) is 0. The number of ether oxygens (including phenoxy) is 1. The van der Waals surface area contributed by atoms with Crippen molar-refractivity contribution in [3.8, 4) is 0 Å². The summed E-state index contributed by atoms with van der Waals surface area (Å²) in [6, 6.07) is 0.735. The Morgan fingerprint density at radius 3 is 2.56 bits per heavy atom. The third kappa shape index (κ3) is 2.96. The Hall–Kier alpha value is -0.120. The minimum Gasteiger partial charge on any atom is -0.396 e. The molecule has 3 nitrogen and oxygen atoms in total. The zero-order valence-corrected chi connectivity index (χ0v) is 10.4. The van der Waals surface area contributed by atoms with E-state index in [0.29, 0.717) is 18.6 Å². The largest absolute Gasteiger partial charge is 0.396 e. The molecule has 0 radical (unpaired) electrons. The van der Waals surface area contributed by atoms with Crippen molar-refractivity contribution in [1.82, 2.24) is 4.90 Å². The minimum atomic E-state index is 0.374. The molecular weight excluding hydrogens is 202 g/mol. The second-order valence-electron chi connectivity index (χ2n) is 5.34. The summed E-state index contributed by atoms with van der Waals surface area (Å²) >= 11 is 0. The fourth-order valence-corrected chi connectivity index (χ4v) is 3.17. The maximum Gasteiger partial charge on any atom is 0.0586 e. The van der Waals surface area contributed by atoms with Crippen LogP contribution in [0.4, 0.5) is 0 Å². The normalized spacial score (nSPS) is 34.1. The predicted octanol–water partition coefficient (Wildman–Crippen LogP) is 1.65. The van der Waals surface area contributed by atoms with E-state index in [0.717, 1.165) is 6.04 Å². The molecule has 0 bridgehead atoms. The monoisotopic (exact) mass is 227 g/mol. The molecule has 2 unspecified atom stereocenters. The predicted molar refractivity (Wildman–Crippen MR) is 64.4 cm³/mol. The number of hydrogen-bond donors (Lipinski definition) is 1. The Morgan fingerprint density at radius 1 is 1.19 bits per heavy atom. The first-order valence-electron chi connectivity index (χ1n) is 6.71. The molecule has 1 saturated carbocycles. The van der Waals surface area contributed by atoms with Gasteiger partial charge in [-0.05, 0) is 57.5 Å². The molecule has 0 aromatic heterocycles. The highest BCUT2D eigenvalue weighted by atomic mass is 16.5. The van der Waals surface area contributed by atoms with Gasteiger partial charge in [0.05, 0.1) is 6.10 Å². The Bertz CT molecular complexity index is 202. The van der Waals surface area contributed by atoms with Gasteiger partial charge in [-0.3, -0.25) is 0 Å². The number of aliphatic hydroxyl groups excluding tert-OH is 1. The van der Waals surface area contributed by atoms with Crippen LogP contribution in [0, 0.1) is 5.92 Å². The highest BCUT2D eigenvalue weighted by Gasteiger charge is 2.29. The van der Waals surface area contributed by atoms with E-state index in [-0.39, 0.29) is 0 Å². The van der Waals surface area contributed by atoms with E-state index in [9.17, 15) is 0 Å². The van der Waals surface area contributed by atoms with Crippen LogP contribution < -0.4 is 0 Å². The summed E-state index contributed by atoms with van der Waals surface area (Å²) in [5, 5.41) is 9.13. The van der Waals surface area contributed by atoms with Crippen LogP contribution in [-0.2, 0) is 4.74 Å². The van der Waals surface area contributed by atoms with Gasteiger partial charge in [0.15, 0.2) is 0 Å². The summed E-state index contributed by atoms with van der Waals surface area (Å²) in [5.74, 6) is 0.554. The van der Waals surface area contributed by atoms with Gasteiger partial charge in [-0.25, -0.2) is 0 Å². The number of likely N-dealkylation sites (tertiary alicyclic amines) is 1. The lowest BCUT2D eigenvalue weighted by Gasteiger charge is -2.40. The maximum absolute atomic E-state index is 9.13. The fraction of sp³-hybridized carbons (Fsp3) is 1.00. The highest BCUT2D eigenvalue weighted by molar-refractivity contribution is 4.83. The Labute approximate surface area is 98.8 Å². The molecule has 2 atom stereocenters. The molecule has 0 aromatic carbocycles. The number of piperidine rings is 1. The first kappa shape index (κ1) is 12.3. The van der Waals surface area contributed by atoms with Crippen molar-refractivity contribution in [2.45, 2.75) is 50.7 Å². The zero-order valence-electron chi connectivity index (χ0n) is 10.4. The molecular formula is C13H25NO2. The number of hydrogen-bond acceptors (Lipinski definition) is 3. The Morgan fingerprint density at radius 2 is 1.94 bits per heavy atom. The summed E-state index contributed by atoms with van der Waals surface area (Å²) in [4.78, 5) is 2.62. The summed E-state index contributed by atoms with van der Waals surface area (Å²) in [7, 11) is 1.84. The van der Waals surface area contributed by atoms with Gasteiger partial charge < -0.3 is 14.7 Å². The van der Waals surface area contributed by atoms with Gasteiger partial charge in [-0.1, -0.05) is 0 Å². The van der Waals surface area contributed by atoms with Crippen LogP contribution in [0.1, 0.15) is 38.5 Å². The van der Waals surface area contributed by atoms with Crippen LogP contribution in [0.15, 0.2) is 0 Å². The van der Waals surface area contributed by atoms with E-state index in [4.69, 9.17) is 9.84 Å². The van der Waals surface area contributed by atoms with E-state index in [2.05, 4.69) is 4.90 Å². The van der Waals surface area contributed by atoms with Crippen molar-refractivity contribution < 1.29 is 9.84 Å². The van der Waals surface area contributed by atoms with Crippen molar-refractivity contribution in [3.05, 3.63) is 0 Å². The van der Waals surface area contributed by atoms with Crippen molar-refractivity contribution in [1.29, 1.82) is 0 Å². The molecule has 2 aliphatic rings. The van der Waals surface area contributed by atoms with Crippen LogP contribution in [0.25, 0.3) is 0 Å². The molecule has 2 fully saturated rings. The zero-order chi connectivity index (χ0) is 11.4. The van der Waals surface area contributed by atoms with Crippen molar-refractivity contribution in [3.63, 3.8) is 0 Å². The highest BCUT2D eigenvalue weighted by Crippen LogP contribution is 2.28. The molecule has 0 amide bonds. The van der Waals surface area contributed by atoms with Crippen LogP contribution in [0.2, 0.25) is 0 Å². The number of rotatable bonds is 3. The number of nitrogens with zero attached hydrogens (tertiary/aromatic N) is 1. The number of aliphatic hydroxyl groups is 1. The van der Waals surface area contributed by atoms with E-state index < -0.39 is 0 Å². The fourth-order valence-electron chi connectivity index (χ4n) is 3.17. The van der Waals surface area contributed by atoms with Gasteiger partial charge in [0.1, 0.15) is 0 Å². The SMILES string of the molecule is COC1CCCC(N2CCC(CO)CC2)C1. The molecule has 0 aromatic rings. The second-order valence-corrected chi connectivity index (χ2v) is 5.34. The van der Waals surface area contributed by atoms with E-state index in [1.54, 1.807) is 0 Å². The lowest BCUT2D eigenvalue weighted by molar-refractivity contribution is 0.0139. The lowest BCUT2D eigenvalue weighted by atomic mass is 9.89. The Balaban J connectivity index is 1.79. The standard InChI is InChI=1S/C13H25NO2/c1-16-13-4-2-3-12(9-13)14-7-5-11(10-15)6-8-14/h11-13,15H,2-10H2,1H3. The van der Waals surface area contributed by atoms with Gasteiger partial charge >= 0.3 is 0 Å². The third-order valence-electron chi connectivity index (χ3n) is 4.36. The van der Waals surface area contributed by atoms with Crippen molar-refractivity contribution in [2.24, 2.45) is 5.92 Å². The summed E-state index contributed by atoms with van der Waals surface area (Å²) < 4.78 is 5.49. The molecule has 1 aliphatic carbocycles. The van der Waals surface area contributed by atoms with Crippen molar-refractivity contribution >= 4 is 0 Å². The molecule has 3 heteroatoms. The first-order chi connectivity index (χ1) is 7.83. The Kier molecular flexibility index (Phi) is 4.62. The topological polar surface area (TPSA) is 32.7 Å². The summed E-state index contributed by atoms with van der Waals surface area (Å²) in [6.07, 6.45) is 7.91. The molecule has 1 saturated heterocycles. The molecule has 94 valence electrons. The summed E-state index contributed by atoms with van der Waals surface area (Å²) in [6.45, 7) is 2.72. The molecule has 16 heavy (non-hydrogen) atoms. The molecule has 1 N–H and O–H groups in total. The lowest BCUT2D eigenvalue weighted by Crippen LogP contribution is -2.45. The van der Waals surface area contributed by atoms with Crippen LogP contribution in [-0.4, -0.2) is 49.0 Å². The average molecular weight is 227 g/mol. The van der Waals surface area contributed by atoms with Gasteiger partial charge in [-0.15, -0.1) is 0 Å². The van der Waals surface area contributed by atoms with Gasteiger partial charge in [0, 0.05) is 19.8 Å². The molecule has 0 spiro atoms. The molecule has 2 rings (SSSR count). The third-order valence-corrected chi connectivity index (χ3v) is 4.36. The molecule has 1 aliphatic heterocycles. The maximum atomic E-state index is 9.13. The van der Waals surface area contributed by atoms with Crippen LogP contribution >= 0.6 is 0 Å². The molecule has 1 heterocycles. The van der Waals surface area contributed by atoms with Gasteiger partial charge in [0.25, 0.3) is 0 Å². The van der Waals surface area contributed by atoms with Crippen LogP contribution in [0.5, 0.6) is 0 Å². The second kappa shape index (κ2) is 5.99. The van der Waals surface area contributed by atoms with Gasteiger partial charge in [0.2, 0.25) is 0 Å².